The Morgan fingerprint density at radius 3 is 1.72 bits per heavy atom. The maximum Gasteiger partial charge on any atom is 0.195 e. The largest absolute Gasteiger partial charge is 0.388 e. The average Bonchev–Trinajstić information content (AvgIpc) is 2.61. The van der Waals surface area contributed by atoms with Gasteiger partial charge in [-0.25, -0.2) is 0 Å². The van der Waals surface area contributed by atoms with Crippen LogP contribution in [0.5, 0.6) is 0 Å². The molecule has 0 spiro atoms. The predicted octanol–water partition coefficient (Wildman–Crippen LogP) is 5.57. The van der Waals surface area contributed by atoms with Crippen molar-refractivity contribution in [2.75, 3.05) is 12.4 Å². The van der Waals surface area contributed by atoms with Gasteiger partial charge in [0.2, 0.25) is 0 Å². The summed E-state index contributed by atoms with van der Waals surface area (Å²) < 4.78 is 0. The molecule has 25 heavy (non-hydrogen) atoms. The molecule has 0 bridgehead atoms. The fourth-order valence-corrected chi connectivity index (χ4v) is 2.85. The molecule has 128 valence electrons. The highest BCUT2D eigenvalue weighted by Gasteiger charge is 2.11. The molecular weight excluding hydrogens is 306 g/mol. The van der Waals surface area contributed by atoms with E-state index in [9.17, 15) is 4.79 Å². The molecule has 0 aliphatic carbocycles. The van der Waals surface area contributed by atoms with Crippen molar-refractivity contribution in [3.63, 3.8) is 0 Å². The van der Waals surface area contributed by atoms with E-state index in [0.29, 0.717) is 11.1 Å². The second-order valence-electron chi connectivity index (χ2n) is 6.16. The molecular formula is C23H25NO. The molecule has 3 aromatic rings. The topological polar surface area (TPSA) is 29.1 Å². The van der Waals surface area contributed by atoms with E-state index < -0.39 is 0 Å². The van der Waals surface area contributed by atoms with E-state index in [1.165, 1.54) is 16.7 Å². The molecule has 3 rings (SSSR count). The van der Waals surface area contributed by atoms with Crippen LogP contribution in [-0.4, -0.2) is 12.8 Å². The summed E-state index contributed by atoms with van der Waals surface area (Å²) in [7, 11) is 1.82. The van der Waals surface area contributed by atoms with Crippen LogP contribution in [0.25, 0.3) is 0 Å². The Hall–Kier alpha value is -2.87. The van der Waals surface area contributed by atoms with Crippen LogP contribution in [-0.2, 0) is 0 Å². The summed E-state index contributed by atoms with van der Waals surface area (Å²) in [6.45, 7) is 6.38. The lowest BCUT2D eigenvalue weighted by Gasteiger charge is -2.07. The van der Waals surface area contributed by atoms with Crippen LogP contribution in [0.15, 0.2) is 72.8 Å². The van der Waals surface area contributed by atoms with Crippen molar-refractivity contribution in [2.24, 2.45) is 0 Å². The lowest BCUT2D eigenvalue weighted by molar-refractivity contribution is 0.103. The lowest BCUT2D eigenvalue weighted by atomic mass is 10.0. The molecule has 0 radical (unpaired) electrons. The van der Waals surface area contributed by atoms with Crippen LogP contribution in [0, 0.1) is 20.8 Å². The number of carbonyl (C=O) groups excluding carboxylic acids is 1. The SMILES string of the molecule is CNc1ccccc1C(=O)c1ccccc1.Cc1cc(C)cc(C)c1. The van der Waals surface area contributed by atoms with Crippen molar-refractivity contribution in [3.05, 3.63) is 101 Å². The zero-order chi connectivity index (χ0) is 18.2. The van der Waals surface area contributed by atoms with E-state index in [1.54, 1.807) is 0 Å². The molecule has 0 atom stereocenters. The molecule has 0 fully saturated rings. The molecule has 3 aromatic carbocycles. The minimum absolute atomic E-state index is 0.0468. The van der Waals surface area contributed by atoms with E-state index in [-0.39, 0.29) is 5.78 Å². The number of hydrogen-bond acceptors (Lipinski definition) is 2. The van der Waals surface area contributed by atoms with Crippen LogP contribution >= 0.6 is 0 Å². The first-order valence-electron chi connectivity index (χ1n) is 8.42. The highest BCUT2D eigenvalue weighted by Crippen LogP contribution is 2.18. The predicted molar refractivity (Wildman–Crippen MR) is 107 cm³/mol. The second kappa shape index (κ2) is 8.84. The Labute approximate surface area is 150 Å². The zero-order valence-electron chi connectivity index (χ0n) is 15.3. The standard InChI is InChI=1S/C14H13NO.C9H12/c1-15-13-10-6-5-9-12(13)14(16)11-7-3-2-4-8-11;1-7-4-8(2)6-9(3)5-7/h2-10,15H,1H3;4-6H,1-3H3. The van der Waals surface area contributed by atoms with Gasteiger partial charge in [0, 0.05) is 23.9 Å². The normalized spacial score (nSPS) is 9.76. The Balaban J connectivity index is 0.000000212. The first kappa shape index (κ1) is 18.5. The number of carbonyl (C=O) groups is 1. The van der Waals surface area contributed by atoms with Gasteiger partial charge in [0.05, 0.1) is 0 Å². The maximum absolute atomic E-state index is 12.2. The van der Waals surface area contributed by atoms with Gasteiger partial charge in [-0.05, 0) is 32.9 Å². The Kier molecular flexibility index (Phi) is 6.53. The quantitative estimate of drug-likeness (QED) is 0.636. The maximum atomic E-state index is 12.2. The van der Waals surface area contributed by atoms with E-state index in [2.05, 4.69) is 44.3 Å². The van der Waals surface area contributed by atoms with Crippen molar-refractivity contribution < 1.29 is 4.79 Å². The lowest BCUT2D eigenvalue weighted by Crippen LogP contribution is -2.04. The third-order valence-corrected chi connectivity index (χ3v) is 3.84. The summed E-state index contributed by atoms with van der Waals surface area (Å²) in [5.74, 6) is 0.0468. The first-order valence-corrected chi connectivity index (χ1v) is 8.42. The molecule has 2 nitrogen and oxygen atoms in total. The Bertz CT molecular complexity index is 787. The summed E-state index contributed by atoms with van der Waals surface area (Å²) in [5.41, 5.74) is 6.34. The number of nitrogens with one attached hydrogen (secondary N) is 1. The van der Waals surface area contributed by atoms with Crippen molar-refractivity contribution in [1.29, 1.82) is 0 Å². The number of benzene rings is 3. The summed E-state index contributed by atoms with van der Waals surface area (Å²) >= 11 is 0. The summed E-state index contributed by atoms with van der Waals surface area (Å²) in [5, 5.41) is 3.03. The molecule has 1 N–H and O–H groups in total. The van der Waals surface area contributed by atoms with Gasteiger partial charge in [-0.2, -0.15) is 0 Å². The number of para-hydroxylation sites is 1. The van der Waals surface area contributed by atoms with Gasteiger partial charge < -0.3 is 5.32 Å². The van der Waals surface area contributed by atoms with Gasteiger partial charge in [0.1, 0.15) is 0 Å². The van der Waals surface area contributed by atoms with Crippen LogP contribution < -0.4 is 5.32 Å². The van der Waals surface area contributed by atoms with E-state index >= 15 is 0 Å². The number of ketones is 1. The first-order chi connectivity index (χ1) is 12.0. The minimum atomic E-state index is 0.0468. The van der Waals surface area contributed by atoms with Crippen LogP contribution in [0.2, 0.25) is 0 Å². The van der Waals surface area contributed by atoms with Crippen LogP contribution in [0.3, 0.4) is 0 Å². The monoisotopic (exact) mass is 331 g/mol. The highest BCUT2D eigenvalue weighted by molar-refractivity contribution is 6.12. The van der Waals surface area contributed by atoms with E-state index in [1.807, 2.05) is 61.6 Å². The van der Waals surface area contributed by atoms with Gasteiger partial charge >= 0.3 is 0 Å². The molecule has 2 heteroatoms. The number of rotatable bonds is 3. The Morgan fingerprint density at radius 1 is 0.720 bits per heavy atom. The van der Waals surface area contributed by atoms with Gasteiger partial charge in [0.25, 0.3) is 0 Å². The molecule has 0 heterocycles. The van der Waals surface area contributed by atoms with Crippen molar-refractivity contribution in [1.82, 2.24) is 0 Å². The Morgan fingerprint density at radius 2 is 1.20 bits per heavy atom. The van der Waals surface area contributed by atoms with Crippen molar-refractivity contribution >= 4 is 11.5 Å². The third kappa shape index (κ3) is 5.32. The average molecular weight is 331 g/mol. The summed E-state index contributed by atoms with van der Waals surface area (Å²) in [4.78, 5) is 12.2. The van der Waals surface area contributed by atoms with E-state index in [4.69, 9.17) is 0 Å². The molecule has 0 aliphatic rings. The molecule has 0 aromatic heterocycles. The minimum Gasteiger partial charge on any atom is -0.388 e. The van der Waals surface area contributed by atoms with Crippen LogP contribution in [0.4, 0.5) is 5.69 Å². The van der Waals surface area contributed by atoms with Gasteiger partial charge in [0.15, 0.2) is 5.78 Å². The molecule has 0 amide bonds. The van der Waals surface area contributed by atoms with Crippen molar-refractivity contribution in [3.8, 4) is 0 Å². The number of hydrogen-bond donors (Lipinski definition) is 1. The fraction of sp³-hybridized carbons (Fsp3) is 0.174. The second-order valence-corrected chi connectivity index (χ2v) is 6.16. The van der Waals surface area contributed by atoms with E-state index in [0.717, 1.165) is 5.69 Å². The van der Waals surface area contributed by atoms with Crippen LogP contribution in [0.1, 0.15) is 32.6 Å². The fourth-order valence-electron chi connectivity index (χ4n) is 2.85. The summed E-state index contributed by atoms with van der Waals surface area (Å²) in [6.07, 6.45) is 0. The molecule has 0 saturated carbocycles. The smallest absolute Gasteiger partial charge is 0.195 e. The van der Waals surface area contributed by atoms with Crippen molar-refractivity contribution in [2.45, 2.75) is 20.8 Å². The third-order valence-electron chi connectivity index (χ3n) is 3.84. The highest BCUT2D eigenvalue weighted by atomic mass is 16.1. The van der Waals surface area contributed by atoms with Gasteiger partial charge in [-0.3, -0.25) is 4.79 Å². The van der Waals surface area contributed by atoms with Gasteiger partial charge in [-0.1, -0.05) is 77.4 Å². The number of aryl methyl sites for hydroxylation is 3. The molecule has 0 saturated heterocycles. The molecule has 0 aliphatic heterocycles. The molecule has 0 unspecified atom stereocenters. The van der Waals surface area contributed by atoms with Gasteiger partial charge in [-0.15, -0.1) is 0 Å². The zero-order valence-corrected chi connectivity index (χ0v) is 15.3. The summed E-state index contributed by atoms with van der Waals surface area (Å²) in [6, 6.07) is 23.4. The number of anilines is 1.